The molecule has 0 saturated heterocycles. The molecule has 1 aromatic rings. The van der Waals surface area contributed by atoms with Crippen LogP contribution < -0.4 is 10.6 Å². The lowest BCUT2D eigenvalue weighted by Crippen LogP contribution is -2.19. The summed E-state index contributed by atoms with van der Waals surface area (Å²) in [7, 11) is 4.10. The van der Waals surface area contributed by atoms with Crippen LogP contribution in [0.15, 0.2) is 24.3 Å². The zero-order valence-electron chi connectivity index (χ0n) is 10.2. The molecule has 2 unspecified atom stereocenters. The number of hydrogen-bond donors (Lipinski definition) is 1. The molecule has 0 aliphatic rings. The number of anilines is 1. The minimum atomic E-state index is 0.148. The normalized spacial score (nSPS) is 14.7. The third-order valence-electron chi connectivity index (χ3n) is 3.03. The van der Waals surface area contributed by atoms with Crippen molar-refractivity contribution in [3.05, 3.63) is 29.8 Å². The zero-order valence-corrected chi connectivity index (χ0v) is 10.2. The van der Waals surface area contributed by atoms with Crippen molar-refractivity contribution in [2.24, 2.45) is 11.7 Å². The van der Waals surface area contributed by atoms with Gasteiger partial charge in [0, 0.05) is 25.8 Å². The first-order valence-corrected chi connectivity index (χ1v) is 5.59. The van der Waals surface area contributed by atoms with E-state index in [4.69, 9.17) is 5.73 Å². The van der Waals surface area contributed by atoms with Crippen LogP contribution >= 0.6 is 0 Å². The number of rotatable bonds is 4. The predicted octanol–water partition coefficient (Wildman–Crippen LogP) is 2.80. The van der Waals surface area contributed by atoms with Crippen molar-refractivity contribution >= 4 is 5.69 Å². The van der Waals surface area contributed by atoms with E-state index in [0.29, 0.717) is 5.92 Å². The molecule has 0 aliphatic carbocycles. The van der Waals surface area contributed by atoms with E-state index in [0.717, 1.165) is 6.42 Å². The van der Waals surface area contributed by atoms with Gasteiger partial charge in [0.15, 0.2) is 0 Å². The van der Waals surface area contributed by atoms with Gasteiger partial charge in [-0.2, -0.15) is 0 Å². The van der Waals surface area contributed by atoms with Crippen molar-refractivity contribution in [2.75, 3.05) is 19.0 Å². The van der Waals surface area contributed by atoms with Crippen LogP contribution in [0.3, 0.4) is 0 Å². The summed E-state index contributed by atoms with van der Waals surface area (Å²) in [5, 5.41) is 0. The van der Waals surface area contributed by atoms with E-state index in [-0.39, 0.29) is 6.04 Å². The molecule has 0 spiro atoms. The molecule has 0 aliphatic heterocycles. The molecule has 2 heteroatoms. The van der Waals surface area contributed by atoms with Crippen LogP contribution in [0.5, 0.6) is 0 Å². The molecule has 0 saturated carbocycles. The van der Waals surface area contributed by atoms with E-state index < -0.39 is 0 Å². The Balaban J connectivity index is 2.90. The highest BCUT2D eigenvalue weighted by Gasteiger charge is 2.13. The summed E-state index contributed by atoms with van der Waals surface area (Å²) >= 11 is 0. The fraction of sp³-hybridized carbons (Fsp3) is 0.538. The fourth-order valence-corrected chi connectivity index (χ4v) is 1.59. The molecule has 1 aromatic carbocycles. The molecular formula is C13H22N2. The summed E-state index contributed by atoms with van der Waals surface area (Å²) in [6.45, 7) is 4.38. The SMILES string of the molecule is CCC(C)C(N)c1cccc(N(C)C)c1. The quantitative estimate of drug-likeness (QED) is 0.820. The third-order valence-corrected chi connectivity index (χ3v) is 3.03. The second-order valence-electron chi connectivity index (χ2n) is 4.40. The number of hydrogen-bond acceptors (Lipinski definition) is 2. The van der Waals surface area contributed by atoms with E-state index >= 15 is 0 Å². The van der Waals surface area contributed by atoms with E-state index in [1.54, 1.807) is 0 Å². The van der Waals surface area contributed by atoms with Crippen molar-refractivity contribution < 1.29 is 0 Å². The fourth-order valence-electron chi connectivity index (χ4n) is 1.59. The van der Waals surface area contributed by atoms with Gasteiger partial charge in [-0.05, 0) is 23.6 Å². The van der Waals surface area contributed by atoms with Crippen molar-refractivity contribution in [1.82, 2.24) is 0 Å². The first kappa shape index (κ1) is 12.1. The van der Waals surface area contributed by atoms with Crippen LogP contribution in [0.25, 0.3) is 0 Å². The monoisotopic (exact) mass is 206 g/mol. The van der Waals surface area contributed by atoms with Crippen molar-refractivity contribution in [3.8, 4) is 0 Å². The molecule has 84 valence electrons. The lowest BCUT2D eigenvalue weighted by atomic mass is 9.93. The van der Waals surface area contributed by atoms with Gasteiger partial charge in [-0.3, -0.25) is 0 Å². The Morgan fingerprint density at radius 1 is 1.33 bits per heavy atom. The average Bonchev–Trinajstić information content (AvgIpc) is 2.27. The summed E-state index contributed by atoms with van der Waals surface area (Å²) in [6.07, 6.45) is 1.12. The average molecular weight is 206 g/mol. The van der Waals surface area contributed by atoms with Crippen molar-refractivity contribution in [1.29, 1.82) is 0 Å². The Bertz CT molecular complexity index is 307. The largest absolute Gasteiger partial charge is 0.378 e. The Kier molecular flexibility index (Phi) is 4.15. The van der Waals surface area contributed by atoms with E-state index in [1.165, 1.54) is 11.3 Å². The lowest BCUT2D eigenvalue weighted by molar-refractivity contribution is 0.457. The zero-order chi connectivity index (χ0) is 11.4. The van der Waals surface area contributed by atoms with Gasteiger partial charge < -0.3 is 10.6 Å². The Morgan fingerprint density at radius 2 is 2.00 bits per heavy atom. The van der Waals surface area contributed by atoms with E-state index in [1.807, 2.05) is 14.1 Å². The van der Waals surface area contributed by atoms with Crippen LogP contribution in [0.2, 0.25) is 0 Å². The highest BCUT2D eigenvalue weighted by Crippen LogP contribution is 2.24. The highest BCUT2D eigenvalue weighted by atomic mass is 15.1. The van der Waals surface area contributed by atoms with Gasteiger partial charge in [-0.15, -0.1) is 0 Å². The molecule has 0 amide bonds. The van der Waals surface area contributed by atoms with Crippen LogP contribution in [-0.2, 0) is 0 Å². The molecule has 15 heavy (non-hydrogen) atoms. The van der Waals surface area contributed by atoms with E-state index in [2.05, 4.69) is 43.0 Å². The second kappa shape index (κ2) is 5.17. The molecule has 0 bridgehead atoms. The second-order valence-corrected chi connectivity index (χ2v) is 4.40. The molecule has 2 atom stereocenters. The van der Waals surface area contributed by atoms with Gasteiger partial charge in [0.25, 0.3) is 0 Å². The third kappa shape index (κ3) is 2.96. The molecule has 1 rings (SSSR count). The van der Waals surface area contributed by atoms with Crippen LogP contribution in [0.1, 0.15) is 31.9 Å². The number of nitrogens with two attached hydrogens (primary N) is 1. The van der Waals surface area contributed by atoms with Crippen LogP contribution in [0, 0.1) is 5.92 Å². The van der Waals surface area contributed by atoms with Crippen LogP contribution in [-0.4, -0.2) is 14.1 Å². The Hall–Kier alpha value is -1.02. The van der Waals surface area contributed by atoms with Gasteiger partial charge in [0.2, 0.25) is 0 Å². The van der Waals surface area contributed by atoms with Gasteiger partial charge in [-0.1, -0.05) is 32.4 Å². The first-order valence-electron chi connectivity index (χ1n) is 5.59. The molecule has 2 nitrogen and oxygen atoms in total. The maximum Gasteiger partial charge on any atom is 0.0364 e. The highest BCUT2D eigenvalue weighted by molar-refractivity contribution is 5.47. The smallest absolute Gasteiger partial charge is 0.0364 e. The maximum absolute atomic E-state index is 6.20. The summed E-state index contributed by atoms with van der Waals surface area (Å²) in [4.78, 5) is 2.10. The molecule has 0 fully saturated rings. The molecule has 0 heterocycles. The number of nitrogens with zero attached hydrogens (tertiary/aromatic N) is 1. The van der Waals surface area contributed by atoms with Crippen molar-refractivity contribution in [3.63, 3.8) is 0 Å². The Morgan fingerprint density at radius 3 is 2.53 bits per heavy atom. The standard InChI is InChI=1S/C13H22N2/c1-5-10(2)13(14)11-7-6-8-12(9-11)15(3)4/h6-10,13H,5,14H2,1-4H3. The minimum Gasteiger partial charge on any atom is -0.378 e. The first-order chi connectivity index (χ1) is 7.06. The predicted molar refractivity (Wildman–Crippen MR) is 67.2 cm³/mol. The summed E-state index contributed by atoms with van der Waals surface area (Å²) in [5.41, 5.74) is 8.65. The van der Waals surface area contributed by atoms with Gasteiger partial charge in [-0.25, -0.2) is 0 Å². The summed E-state index contributed by atoms with van der Waals surface area (Å²) < 4.78 is 0. The Labute approximate surface area is 93.1 Å². The number of benzene rings is 1. The molecule has 0 aromatic heterocycles. The molecular weight excluding hydrogens is 184 g/mol. The lowest BCUT2D eigenvalue weighted by Gasteiger charge is -2.21. The summed E-state index contributed by atoms with van der Waals surface area (Å²) in [5.74, 6) is 0.530. The maximum atomic E-state index is 6.20. The molecule has 0 radical (unpaired) electrons. The van der Waals surface area contributed by atoms with E-state index in [9.17, 15) is 0 Å². The van der Waals surface area contributed by atoms with Crippen molar-refractivity contribution in [2.45, 2.75) is 26.3 Å². The van der Waals surface area contributed by atoms with Gasteiger partial charge in [0.05, 0.1) is 0 Å². The molecule has 2 N–H and O–H groups in total. The van der Waals surface area contributed by atoms with Gasteiger partial charge >= 0.3 is 0 Å². The topological polar surface area (TPSA) is 29.3 Å². The summed E-state index contributed by atoms with van der Waals surface area (Å²) in [6, 6.07) is 8.62. The van der Waals surface area contributed by atoms with Gasteiger partial charge in [0.1, 0.15) is 0 Å². The van der Waals surface area contributed by atoms with Crippen LogP contribution in [0.4, 0.5) is 5.69 Å². The minimum absolute atomic E-state index is 0.148.